The topological polar surface area (TPSA) is 80.5 Å². The average molecular weight is 372 g/mol. The highest BCUT2D eigenvalue weighted by molar-refractivity contribution is 5.86. The summed E-state index contributed by atoms with van der Waals surface area (Å²) in [5.41, 5.74) is 0.00424. The molecule has 1 fully saturated rings. The van der Waals surface area contributed by atoms with Gasteiger partial charge in [-0.25, -0.2) is 14.1 Å². The first kappa shape index (κ1) is 17.7. The molecule has 1 spiro atoms. The summed E-state index contributed by atoms with van der Waals surface area (Å²) >= 11 is 0. The minimum Gasteiger partial charge on any atom is -0.513 e. The largest absolute Gasteiger partial charge is 0.513 e. The number of hydrogen-bond acceptors (Lipinski definition) is 5. The second kappa shape index (κ2) is 6.77. The molecule has 0 radical (unpaired) electrons. The lowest BCUT2D eigenvalue weighted by molar-refractivity contribution is -0.177. The van der Waals surface area contributed by atoms with Gasteiger partial charge in [0.15, 0.2) is 17.2 Å². The number of morpholine rings is 1. The number of nitrogens with zero attached hydrogens (tertiary/aromatic N) is 4. The zero-order chi connectivity index (χ0) is 19.0. The Morgan fingerprint density at radius 3 is 2.85 bits per heavy atom. The first-order chi connectivity index (χ1) is 13.0. The number of hydrogen-bond donors (Lipinski definition) is 1. The summed E-state index contributed by atoms with van der Waals surface area (Å²) < 4.78 is 20.3. The molecule has 0 bridgehead atoms. The maximum Gasteiger partial charge on any atom is 0.255 e. The van der Waals surface area contributed by atoms with Crippen LogP contribution in [-0.2, 0) is 9.53 Å². The van der Waals surface area contributed by atoms with Gasteiger partial charge in [-0.1, -0.05) is 6.07 Å². The molecule has 142 valence electrons. The van der Waals surface area contributed by atoms with E-state index in [0.717, 1.165) is 11.8 Å². The van der Waals surface area contributed by atoms with Gasteiger partial charge in [-0.3, -0.25) is 4.79 Å². The number of rotatable bonds is 3. The van der Waals surface area contributed by atoms with Crippen LogP contribution >= 0.6 is 0 Å². The molecule has 2 aromatic heterocycles. The van der Waals surface area contributed by atoms with Crippen molar-refractivity contribution in [3.05, 3.63) is 53.9 Å². The van der Waals surface area contributed by atoms with E-state index in [1.165, 1.54) is 10.9 Å². The molecule has 2 aliphatic rings. The summed E-state index contributed by atoms with van der Waals surface area (Å²) in [4.78, 5) is 19.3. The van der Waals surface area contributed by atoms with E-state index >= 15 is 0 Å². The maximum absolute atomic E-state index is 13.1. The van der Waals surface area contributed by atoms with Crippen LogP contribution in [0, 0.1) is 5.82 Å². The van der Waals surface area contributed by atoms with Crippen molar-refractivity contribution in [3.8, 4) is 5.82 Å². The molecule has 1 aliphatic heterocycles. The third-order valence-corrected chi connectivity index (χ3v) is 5.32. The highest BCUT2D eigenvalue weighted by Crippen LogP contribution is 2.37. The van der Waals surface area contributed by atoms with Gasteiger partial charge in [0.05, 0.1) is 30.8 Å². The Morgan fingerprint density at radius 2 is 2.22 bits per heavy atom. The molecule has 1 amide bonds. The minimum atomic E-state index is -0.876. The highest BCUT2D eigenvalue weighted by Gasteiger charge is 2.47. The molecule has 2 unspecified atom stereocenters. The van der Waals surface area contributed by atoms with Gasteiger partial charge in [0.25, 0.3) is 5.91 Å². The molecule has 8 heteroatoms. The number of halogens is 1. The molecule has 2 aromatic rings. The van der Waals surface area contributed by atoms with Crippen LogP contribution in [0.25, 0.3) is 5.82 Å². The predicted molar refractivity (Wildman–Crippen MR) is 94.7 cm³/mol. The fourth-order valence-corrected chi connectivity index (χ4v) is 3.66. The lowest BCUT2D eigenvalue weighted by Gasteiger charge is -2.44. The molecule has 0 saturated carbocycles. The van der Waals surface area contributed by atoms with E-state index in [-0.39, 0.29) is 11.9 Å². The monoisotopic (exact) mass is 372 g/mol. The molecule has 27 heavy (non-hydrogen) atoms. The minimum absolute atomic E-state index is 0.0526. The Kier molecular flexibility index (Phi) is 4.43. The molecule has 7 nitrogen and oxygen atoms in total. The van der Waals surface area contributed by atoms with E-state index in [4.69, 9.17) is 4.74 Å². The lowest BCUT2D eigenvalue weighted by atomic mass is 9.85. The quantitative estimate of drug-likeness (QED) is 0.896. The summed E-state index contributed by atoms with van der Waals surface area (Å²) in [6.45, 7) is 2.92. The van der Waals surface area contributed by atoms with E-state index in [9.17, 15) is 14.3 Å². The van der Waals surface area contributed by atoms with Crippen LogP contribution < -0.4 is 0 Å². The molecule has 3 heterocycles. The number of carbonyl (C=O) groups is 1. The van der Waals surface area contributed by atoms with Gasteiger partial charge in [-0.2, -0.15) is 5.10 Å². The van der Waals surface area contributed by atoms with Crippen molar-refractivity contribution < 1.29 is 19.0 Å². The van der Waals surface area contributed by atoms with Gasteiger partial charge in [0, 0.05) is 25.6 Å². The fourth-order valence-electron chi connectivity index (χ4n) is 3.66. The van der Waals surface area contributed by atoms with E-state index < -0.39 is 11.4 Å². The van der Waals surface area contributed by atoms with Crippen molar-refractivity contribution in [1.82, 2.24) is 19.7 Å². The molecule has 1 aliphatic carbocycles. The Morgan fingerprint density at radius 1 is 1.37 bits per heavy atom. The Labute approximate surface area is 156 Å². The second-order valence-corrected chi connectivity index (χ2v) is 6.97. The third-order valence-electron chi connectivity index (χ3n) is 5.32. The molecular formula is C19H21FN4O3. The van der Waals surface area contributed by atoms with E-state index in [1.54, 1.807) is 18.3 Å². The van der Waals surface area contributed by atoms with Gasteiger partial charge < -0.3 is 14.7 Å². The zero-order valence-electron chi connectivity index (χ0n) is 15.0. The van der Waals surface area contributed by atoms with Crippen LogP contribution in [0.15, 0.2) is 42.6 Å². The van der Waals surface area contributed by atoms with Crippen LogP contribution in [0.2, 0.25) is 0 Å². The van der Waals surface area contributed by atoms with Gasteiger partial charge in [0.2, 0.25) is 0 Å². The zero-order valence-corrected chi connectivity index (χ0v) is 15.0. The van der Waals surface area contributed by atoms with Crippen LogP contribution in [0.4, 0.5) is 4.39 Å². The van der Waals surface area contributed by atoms with Crippen molar-refractivity contribution in [2.45, 2.75) is 37.8 Å². The molecule has 4 rings (SSSR count). The number of carbonyl (C=O) groups excluding carboxylic acids is 1. The predicted octanol–water partition coefficient (Wildman–Crippen LogP) is 2.69. The van der Waals surface area contributed by atoms with Crippen molar-refractivity contribution in [1.29, 1.82) is 0 Å². The standard InChI is InChI=1S/C19H21FN4O3/c1-13(14-2-3-17(21-10-14)24-12-15(20)11-22-24)23-8-9-27-19(18(23)26)6-4-16(25)5-7-19/h2-4,10-13,25H,5-9H2,1H3. The summed E-state index contributed by atoms with van der Waals surface area (Å²) in [6, 6.07) is 3.45. The third kappa shape index (κ3) is 3.21. The number of ether oxygens (including phenoxy) is 1. The Hall–Kier alpha value is -2.74. The summed E-state index contributed by atoms with van der Waals surface area (Å²) in [5.74, 6) is 0.346. The highest BCUT2D eigenvalue weighted by atomic mass is 19.1. The van der Waals surface area contributed by atoms with Crippen molar-refractivity contribution in [2.75, 3.05) is 13.2 Å². The Bertz CT molecular complexity index is 879. The van der Waals surface area contributed by atoms with Crippen LogP contribution in [0.5, 0.6) is 0 Å². The molecular weight excluding hydrogens is 351 g/mol. The van der Waals surface area contributed by atoms with E-state index in [1.807, 2.05) is 17.9 Å². The summed E-state index contributed by atoms with van der Waals surface area (Å²) in [7, 11) is 0. The van der Waals surface area contributed by atoms with E-state index in [0.29, 0.717) is 44.0 Å². The van der Waals surface area contributed by atoms with Crippen molar-refractivity contribution in [2.24, 2.45) is 0 Å². The number of aromatic nitrogens is 3. The van der Waals surface area contributed by atoms with Gasteiger partial charge in [-0.15, -0.1) is 0 Å². The first-order valence-corrected chi connectivity index (χ1v) is 8.98. The number of pyridine rings is 1. The summed E-state index contributed by atoms with van der Waals surface area (Å²) in [5, 5.41) is 13.5. The smallest absolute Gasteiger partial charge is 0.255 e. The van der Waals surface area contributed by atoms with Crippen molar-refractivity contribution in [3.63, 3.8) is 0 Å². The fraction of sp³-hybridized carbons (Fsp3) is 0.421. The average Bonchev–Trinajstić information content (AvgIpc) is 3.12. The Balaban J connectivity index is 1.53. The second-order valence-electron chi connectivity index (χ2n) is 6.97. The van der Waals surface area contributed by atoms with Gasteiger partial charge in [0.1, 0.15) is 0 Å². The van der Waals surface area contributed by atoms with Gasteiger partial charge in [-0.05, 0) is 31.1 Å². The SMILES string of the molecule is CC(c1ccc(-n2cc(F)cn2)nc1)N1CCOC2(CC=C(O)CC2)C1=O. The maximum atomic E-state index is 13.1. The number of aliphatic hydroxyl groups is 1. The molecule has 2 atom stereocenters. The number of allylic oxidation sites excluding steroid dienone is 1. The molecule has 1 N–H and O–H groups in total. The number of amides is 1. The van der Waals surface area contributed by atoms with Crippen molar-refractivity contribution >= 4 is 5.91 Å². The van der Waals surface area contributed by atoms with Crippen LogP contribution in [0.1, 0.15) is 37.8 Å². The summed E-state index contributed by atoms with van der Waals surface area (Å²) in [6.07, 6.45) is 7.07. The first-order valence-electron chi connectivity index (χ1n) is 8.98. The lowest BCUT2D eigenvalue weighted by Crippen LogP contribution is -2.57. The van der Waals surface area contributed by atoms with Crippen LogP contribution in [0.3, 0.4) is 0 Å². The molecule has 0 aromatic carbocycles. The van der Waals surface area contributed by atoms with E-state index in [2.05, 4.69) is 10.1 Å². The molecule has 1 saturated heterocycles. The number of aliphatic hydroxyl groups excluding tert-OH is 1. The normalized spacial score (nSPS) is 24.1. The van der Waals surface area contributed by atoms with Crippen LogP contribution in [-0.4, -0.2) is 49.4 Å². The van der Waals surface area contributed by atoms with Gasteiger partial charge >= 0.3 is 0 Å².